The highest BCUT2D eigenvalue weighted by Crippen LogP contribution is 2.45. The fourth-order valence-electron chi connectivity index (χ4n) is 2.00. The van der Waals surface area contributed by atoms with E-state index in [1.165, 1.54) is 6.42 Å². The molecule has 1 aliphatic rings. The summed E-state index contributed by atoms with van der Waals surface area (Å²) in [6.45, 7) is 9.55. The Bertz CT molecular complexity index is 175. The summed E-state index contributed by atoms with van der Waals surface area (Å²) in [7, 11) is 0. The Labute approximate surface area is 74.8 Å². The number of hydrogen-bond acceptors (Lipinski definition) is 1. The monoisotopic (exact) mass is 166 g/mol. The quantitative estimate of drug-likeness (QED) is 0.625. The van der Waals surface area contributed by atoms with E-state index < -0.39 is 5.60 Å². The second-order valence-electron chi connectivity index (χ2n) is 3.96. The maximum atomic E-state index is 10.2. The minimum Gasteiger partial charge on any atom is -0.385 e. The van der Waals surface area contributed by atoms with E-state index in [2.05, 4.69) is 20.1 Å². The lowest BCUT2D eigenvalue weighted by Crippen LogP contribution is -2.45. The predicted molar refractivity (Wildman–Crippen MR) is 51.9 cm³/mol. The first-order valence-corrected chi connectivity index (χ1v) is 4.57. The van der Waals surface area contributed by atoms with Gasteiger partial charge in [-0.25, -0.2) is 0 Å². The highest BCUT2D eigenvalue weighted by Gasteiger charge is 2.43. The molecular weight excluding hydrogens is 148 g/mol. The van der Waals surface area contributed by atoms with E-state index >= 15 is 0 Å². The van der Waals surface area contributed by atoms with Crippen LogP contribution in [0.2, 0.25) is 0 Å². The van der Waals surface area contributed by atoms with Gasteiger partial charge in [0.1, 0.15) is 0 Å². The van der Waals surface area contributed by atoms with Gasteiger partial charge in [0.25, 0.3) is 0 Å². The van der Waals surface area contributed by atoms with Crippen molar-refractivity contribution in [2.45, 2.75) is 38.2 Å². The molecular formula is C11H18O. The van der Waals surface area contributed by atoms with Crippen molar-refractivity contribution >= 4 is 0 Å². The van der Waals surface area contributed by atoms with Gasteiger partial charge in [0.05, 0.1) is 5.60 Å². The van der Waals surface area contributed by atoms with Gasteiger partial charge in [0.2, 0.25) is 0 Å². The molecule has 2 unspecified atom stereocenters. The Hall–Kier alpha value is -0.560. The summed E-state index contributed by atoms with van der Waals surface area (Å²) >= 11 is 0. The lowest BCUT2D eigenvalue weighted by Gasteiger charge is -2.45. The van der Waals surface area contributed by atoms with Crippen molar-refractivity contribution in [3.8, 4) is 0 Å². The average Bonchev–Trinajstić information content (AvgIpc) is 2.10. The van der Waals surface area contributed by atoms with Gasteiger partial charge >= 0.3 is 0 Å². The summed E-state index contributed by atoms with van der Waals surface area (Å²) in [5.74, 6) is 0. The van der Waals surface area contributed by atoms with Gasteiger partial charge in [-0.2, -0.15) is 0 Å². The SMILES string of the molecule is C=CC1(C)CCCCC1(O)C=C. The van der Waals surface area contributed by atoms with Crippen LogP contribution in [-0.4, -0.2) is 10.7 Å². The molecule has 1 heteroatoms. The van der Waals surface area contributed by atoms with Gasteiger partial charge in [-0.15, -0.1) is 13.2 Å². The van der Waals surface area contributed by atoms with Crippen LogP contribution in [0.15, 0.2) is 25.3 Å². The van der Waals surface area contributed by atoms with Crippen molar-refractivity contribution in [3.05, 3.63) is 25.3 Å². The Balaban J connectivity index is 2.94. The molecule has 1 saturated carbocycles. The summed E-state index contributed by atoms with van der Waals surface area (Å²) in [5.41, 5.74) is -0.903. The van der Waals surface area contributed by atoms with Crippen molar-refractivity contribution in [3.63, 3.8) is 0 Å². The third-order valence-electron chi connectivity index (χ3n) is 3.28. The van der Waals surface area contributed by atoms with Crippen molar-refractivity contribution < 1.29 is 5.11 Å². The molecule has 0 aromatic heterocycles. The van der Waals surface area contributed by atoms with Gasteiger partial charge < -0.3 is 5.11 Å². The van der Waals surface area contributed by atoms with Crippen molar-refractivity contribution in [1.29, 1.82) is 0 Å². The van der Waals surface area contributed by atoms with Crippen LogP contribution in [0.5, 0.6) is 0 Å². The molecule has 0 radical (unpaired) electrons. The van der Waals surface area contributed by atoms with Crippen LogP contribution in [0.25, 0.3) is 0 Å². The molecule has 2 atom stereocenters. The molecule has 0 spiro atoms. The fourth-order valence-corrected chi connectivity index (χ4v) is 2.00. The maximum Gasteiger partial charge on any atom is 0.0912 e. The van der Waals surface area contributed by atoms with Crippen LogP contribution in [0.3, 0.4) is 0 Å². The lowest BCUT2D eigenvalue weighted by molar-refractivity contribution is -0.0388. The Morgan fingerprint density at radius 1 is 1.17 bits per heavy atom. The largest absolute Gasteiger partial charge is 0.385 e. The summed E-state index contributed by atoms with van der Waals surface area (Å²) in [6, 6.07) is 0. The van der Waals surface area contributed by atoms with Crippen molar-refractivity contribution in [2.75, 3.05) is 0 Å². The topological polar surface area (TPSA) is 20.2 Å². The van der Waals surface area contributed by atoms with Gasteiger partial charge in [0, 0.05) is 5.41 Å². The zero-order valence-corrected chi connectivity index (χ0v) is 7.84. The third-order valence-corrected chi connectivity index (χ3v) is 3.28. The molecule has 0 heterocycles. The summed E-state index contributed by atoms with van der Waals surface area (Å²) in [6.07, 6.45) is 7.64. The van der Waals surface area contributed by atoms with Crippen LogP contribution >= 0.6 is 0 Å². The second-order valence-corrected chi connectivity index (χ2v) is 3.96. The summed E-state index contributed by atoms with van der Waals surface area (Å²) < 4.78 is 0. The summed E-state index contributed by atoms with van der Waals surface area (Å²) in [5, 5.41) is 10.2. The smallest absolute Gasteiger partial charge is 0.0912 e. The molecule has 0 saturated heterocycles. The van der Waals surface area contributed by atoms with E-state index in [9.17, 15) is 5.11 Å². The van der Waals surface area contributed by atoms with Crippen LogP contribution in [-0.2, 0) is 0 Å². The molecule has 0 amide bonds. The zero-order chi connectivity index (χ0) is 9.24. The van der Waals surface area contributed by atoms with Gasteiger partial charge in [-0.1, -0.05) is 31.9 Å². The predicted octanol–water partition coefficient (Wildman–Crippen LogP) is 2.67. The van der Waals surface area contributed by atoms with E-state index in [0.717, 1.165) is 19.3 Å². The van der Waals surface area contributed by atoms with Crippen LogP contribution in [0.1, 0.15) is 32.6 Å². The highest BCUT2D eigenvalue weighted by molar-refractivity contribution is 5.15. The summed E-state index contributed by atoms with van der Waals surface area (Å²) in [4.78, 5) is 0. The number of rotatable bonds is 2. The van der Waals surface area contributed by atoms with Crippen LogP contribution < -0.4 is 0 Å². The van der Waals surface area contributed by atoms with Gasteiger partial charge in [-0.3, -0.25) is 0 Å². The van der Waals surface area contributed by atoms with E-state index in [-0.39, 0.29) is 5.41 Å². The van der Waals surface area contributed by atoms with Gasteiger partial charge in [0.15, 0.2) is 0 Å². The molecule has 1 aliphatic carbocycles. The minimum atomic E-state index is -0.729. The molecule has 0 bridgehead atoms. The molecule has 1 rings (SSSR count). The third kappa shape index (κ3) is 1.22. The Morgan fingerprint density at radius 3 is 2.17 bits per heavy atom. The Morgan fingerprint density at radius 2 is 1.75 bits per heavy atom. The normalized spacial score (nSPS) is 42.2. The van der Waals surface area contributed by atoms with Crippen LogP contribution in [0.4, 0.5) is 0 Å². The van der Waals surface area contributed by atoms with Crippen molar-refractivity contribution in [1.82, 2.24) is 0 Å². The second kappa shape index (κ2) is 3.06. The lowest BCUT2D eigenvalue weighted by atomic mass is 9.64. The molecule has 1 N–H and O–H groups in total. The molecule has 1 nitrogen and oxygen atoms in total. The molecule has 1 fully saturated rings. The maximum absolute atomic E-state index is 10.2. The van der Waals surface area contributed by atoms with E-state index in [4.69, 9.17) is 0 Å². The van der Waals surface area contributed by atoms with Crippen LogP contribution in [0, 0.1) is 5.41 Å². The first-order valence-electron chi connectivity index (χ1n) is 4.57. The highest BCUT2D eigenvalue weighted by atomic mass is 16.3. The van der Waals surface area contributed by atoms with E-state index in [1.54, 1.807) is 6.08 Å². The zero-order valence-electron chi connectivity index (χ0n) is 7.84. The molecule has 68 valence electrons. The number of hydrogen-bond donors (Lipinski definition) is 1. The molecule has 0 aromatic rings. The minimum absolute atomic E-state index is 0.174. The fraction of sp³-hybridized carbons (Fsp3) is 0.636. The average molecular weight is 166 g/mol. The molecule has 0 aliphatic heterocycles. The number of aliphatic hydroxyl groups is 1. The molecule has 12 heavy (non-hydrogen) atoms. The first kappa shape index (κ1) is 9.53. The van der Waals surface area contributed by atoms with Crippen molar-refractivity contribution in [2.24, 2.45) is 5.41 Å². The van der Waals surface area contributed by atoms with Gasteiger partial charge in [-0.05, 0) is 12.8 Å². The van der Waals surface area contributed by atoms with E-state index in [0.29, 0.717) is 0 Å². The standard InChI is InChI=1S/C11H18O/c1-4-10(3)8-6-7-9-11(10,12)5-2/h4-5,12H,1-2,6-9H2,3H3. The Kier molecular flexibility index (Phi) is 2.43. The first-order chi connectivity index (χ1) is 5.58. The van der Waals surface area contributed by atoms with E-state index in [1.807, 2.05) is 6.08 Å². The molecule has 0 aromatic carbocycles.